The quantitative estimate of drug-likeness (QED) is 0.843. The molecule has 1 aromatic carbocycles. The first-order chi connectivity index (χ1) is 8.34. The Morgan fingerprint density at radius 1 is 1.44 bits per heavy atom. The third-order valence-corrected chi connectivity index (χ3v) is 3.08. The van der Waals surface area contributed by atoms with Crippen molar-refractivity contribution in [2.45, 2.75) is 25.9 Å². The molecule has 1 rings (SSSR count). The summed E-state index contributed by atoms with van der Waals surface area (Å²) < 4.78 is 30.6. The van der Waals surface area contributed by atoms with Gasteiger partial charge in [-0.25, -0.2) is 8.78 Å². The lowest BCUT2D eigenvalue weighted by atomic mass is 9.81. The zero-order valence-corrected chi connectivity index (χ0v) is 10.5. The van der Waals surface area contributed by atoms with Crippen LogP contribution in [0.15, 0.2) is 18.2 Å². The molecule has 0 amide bonds. The number of carbonyl (C=O) groups excluding carboxylic acids is 1. The molecule has 5 heteroatoms. The van der Waals surface area contributed by atoms with Crippen molar-refractivity contribution in [1.82, 2.24) is 0 Å². The van der Waals surface area contributed by atoms with Gasteiger partial charge in [-0.05, 0) is 31.0 Å². The second kappa shape index (κ2) is 5.44. The number of carbonyl (C=O) groups is 1. The molecule has 2 atom stereocenters. The van der Waals surface area contributed by atoms with Gasteiger partial charge in [-0.2, -0.15) is 0 Å². The largest absolute Gasteiger partial charge is 0.469 e. The fraction of sp³-hybridized carbons (Fsp3) is 0.462. The number of benzene rings is 1. The summed E-state index contributed by atoms with van der Waals surface area (Å²) in [6, 6.07) is 3.06. The summed E-state index contributed by atoms with van der Waals surface area (Å²) >= 11 is 0. The highest BCUT2D eigenvalue weighted by Gasteiger charge is 2.38. The minimum atomic E-state index is -1.61. The molecular formula is C13H16F2O3. The summed E-state index contributed by atoms with van der Waals surface area (Å²) in [4.78, 5) is 11.6. The van der Waals surface area contributed by atoms with Gasteiger partial charge in [-0.1, -0.05) is 13.0 Å². The Bertz CT molecular complexity index is 444. The molecule has 100 valence electrons. The van der Waals surface area contributed by atoms with Gasteiger partial charge in [0.25, 0.3) is 0 Å². The SMILES string of the molecule is CCC(C(=O)OC)C(C)(O)c1ccc(F)c(F)c1. The summed E-state index contributed by atoms with van der Waals surface area (Å²) in [5, 5.41) is 10.4. The zero-order valence-electron chi connectivity index (χ0n) is 10.5. The third-order valence-electron chi connectivity index (χ3n) is 3.08. The van der Waals surface area contributed by atoms with Crippen LogP contribution < -0.4 is 0 Å². The minimum absolute atomic E-state index is 0.138. The summed E-state index contributed by atoms with van der Waals surface area (Å²) in [6.07, 6.45) is 0.318. The summed E-state index contributed by atoms with van der Waals surface area (Å²) in [5.41, 5.74) is -1.48. The van der Waals surface area contributed by atoms with E-state index in [2.05, 4.69) is 4.74 Å². The fourth-order valence-electron chi connectivity index (χ4n) is 1.95. The first kappa shape index (κ1) is 14.6. The number of esters is 1. The Kier molecular flexibility index (Phi) is 4.40. The van der Waals surface area contributed by atoms with Gasteiger partial charge >= 0.3 is 5.97 Å². The van der Waals surface area contributed by atoms with Crippen LogP contribution in [-0.2, 0) is 15.1 Å². The number of halogens is 2. The van der Waals surface area contributed by atoms with Gasteiger partial charge in [0, 0.05) is 0 Å². The van der Waals surface area contributed by atoms with Crippen LogP contribution in [0.1, 0.15) is 25.8 Å². The molecule has 0 aliphatic rings. The second-order valence-corrected chi connectivity index (χ2v) is 4.26. The molecule has 1 N–H and O–H groups in total. The van der Waals surface area contributed by atoms with E-state index in [0.29, 0.717) is 6.42 Å². The molecule has 3 nitrogen and oxygen atoms in total. The Balaban J connectivity index is 3.17. The average molecular weight is 258 g/mol. The van der Waals surface area contributed by atoms with E-state index >= 15 is 0 Å². The molecule has 0 spiro atoms. The van der Waals surface area contributed by atoms with Crippen LogP contribution in [0.2, 0.25) is 0 Å². The number of hydrogen-bond acceptors (Lipinski definition) is 3. The maximum Gasteiger partial charge on any atom is 0.311 e. The van der Waals surface area contributed by atoms with Crippen molar-refractivity contribution in [3.8, 4) is 0 Å². The third kappa shape index (κ3) is 2.67. The molecule has 18 heavy (non-hydrogen) atoms. The van der Waals surface area contributed by atoms with Gasteiger partial charge in [0.05, 0.1) is 13.0 Å². The van der Waals surface area contributed by atoms with Crippen LogP contribution >= 0.6 is 0 Å². The van der Waals surface area contributed by atoms with E-state index in [1.165, 1.54) is 20.1 Å². The molecule has 0 bridgehead atoms. The predicted molar refractivity (Wildman–Crippen MR) is 61.7 cm³/mol. The van der Waals surface area contributed by atoms with Crippen molar-refractivity contribution in [3.05, 3.63) is 35.4 Å². The lowest BCUT2D eigenvalue weighted by Crippen LogP contribution is -2.37. The maximum absolute atomic E-state index is 13.2. The lowest BCUT2D eigenvalue weighted by Gasteiger charge is -2.30. The zero-order chi connectivity index (χ0) is 13.9. The maximum atomic E-state index is 13.2. The van der Waals surface area contributed by atoms with Gasteiger partial charge in [0.2, 0.25) is 0 Å². The van der Waals surface area contributed by atoms with E-state index in [9.17, 15) is 18.7 Å². The first-order valence-electron chi connectivity index (χ1n) is 5.60. The number of hydrogen-bond donors (Lipinski definition) is 1. The summed E-state index contributed by atoms with van der Waals surface area (Å²) in [6.45, 7) is 3.08. The van der Waals surface area contributed by atoms with Crippen LogP contribution in [-0.4, -0.2) is 18.2 Å². The van der Waals surface area contributed by atoms with E-state index in [-0.39, 0.29) is 5.56 Å². The van der Waals surface area contributed by atoms with Crippen LogP contribution in [0.4, 0.5) is 8.78 Å². The topological polar surface area (TPSA) is 46.5 Å². The number of rotatable bonds is 4. The number of aliphatic hydroxyl groups is 1. The predicted octanol–water partition coefficient (Wildman–Crippen LogP) is 2.37. The van der Waals surface area contributed by atoms with Gasteiger partial charge in [0.1, 0.15) is 5.60 Å². The highest BCUT2D eigenvalue weighted by molar-refractivity contribution is 5.74. The standard InChI is InChI=1S/C13H16F2O3/c1-4-9(12(16)18-3)13(2,17)8-5-6-10(14)11(15)7-8/h5-7,9,17H,4H2,1-3H3. The molecule has 0 saturated carbocycles. The van der Waals surface area contributed by atoms with E-state index < -0.39 is 29.1 Å². The minimum Gasteiger partial charge on any atom is -0.469 e. The summed E-state index contributed by atoms with van der Waals surface area (Å²) in [5.74, 6) is -3.49. The Hall–Kier alpha value is -1.49. The molecule has 0 aliphatic heterocycles. The van der Waals surface area contributed by atoms with Gasteiger partial charge in [0.15, 0.2) is 11.6 Å². The van der Waals surface area contributed by atoms with Crippen molar-refractivity contribution in [1.29, 1.82) is 0 Å². The first-order valence-corrected chi connectivity index (χ1v) is 5.60. The van der Waals surface area contributed by atoms with Crippen LogP contribution in [0, 0.1) is 17.6 Å². The van der Waals surface area contributed by atoms with Crippen LogP contribution in [0.25, 0.3) is 0 Å². The van der Waals surface area contributed by atoms with Gasteiger partial charge in [-0.15, -0.1) is 0 Å². The van der Waals surface area contributed by atoms with E-state index in [1.807, 2.05) is 0 Å². The molecular weight excluding hydrogens is 242 g/mol. The smallest absolute Gasteiger partial charge is 0.311 e. The Morgan fingerprint density at radius 3 is 2.50 bits per heavy atom. The second-order valence-electron chi connectivity index (χ2n) is 4.26. The Morgan fingerprint density at radius 2 is 2.06 bits per heavy atom. The fourth-order valence-corrected chi connectivity index (χ4v) is 1.95. The molecule has 2 unspecified atom stereocenters. The molecule has 1 aromatic rings. The van der Waals surface area contributed by atoms with E-state index in [4.69, 9.17) is 0 Å². The van der Waals surface area contributed by atoms with Crippen molar-refractivity contribution < 1.29 is 23.4 Å². The average Bonchev–Trinajstić information content (AvgIpc) is 2.32. The molecule has 0 aromatic heterocycles. The Labute approximate surface area is 104 Å². The molecule has 0 heterocycles. The lowest BCUT2D eigenvalue weighted by molar-refractivity contribution is -0.155. The molecule has 0 saturated heterocycles. The van der Waals surface area contributed by atoms with Crippen molar-refractivity contribution >= 4 is 5.97 Å². The van der Waals surface area contributed by atoms with Crippen molar-refractivity contribution in [3.63, 3.8) is 0 Å². The monoisotopic (exact) mass is 258 g/mol. The van der Waals surface area contributed by atoms with Gasteiger partial charge < -0.3 is 9.84 Å². The summed E-state index contributed by atoms with van der Waals surface area (Å²) in [7, 11) is 1.21. The normalized spacial score (nSPS) is 15.9. The van der Waals surface area contributed by atoms with E-state index in [1.54, 1.807) is 6.92 Å². The van der Waals surface area contributed by atoms with Crippen molar-refractivity contribution in [2.24, 2.45) is 5.92 Å². The molecule has 0 radical (unpaired) electrons. The van der Waals surface area contributed by atoms with Crippen LogP contribution in [0.3, 0.4) is 0 Å². The number of methoxy groups -OCH3 is 1. The number of ether oxygens (including phenoxy) is 1. The van der Waals surface area contributed by atoms with Gasteiger partial charge in [-0.3, -0.25) is 4.79 Å². The van der Waals surface area contributed by atoms with Crippen LogP contribution in [0.5, 0.6) is 0 Å². The van der Waals surface area contributed by atoms with Crippen molar-refractivity contribution in [2.75, 3.05) is 7.11 Å². The van der Waals surface area contributed by atoms with E-state index in [0.717, 1.165) is 12.1 Å². The molecule has 0 fully saturated rings. The molecule has 0 aliphatic carbocycles. The highest BCUT2D eigenvalue weighted by atomic mass is 19.2. The highest BCUT2D eigenvalue weighted by Crippen LogP contribution is 2.33.